The van der Waals surface area contributed by atoms with Gasteiger partial charge in [-0.1, -0.05) is 30.9 Å². The Hall–Kier alpha value is -2.57. The predicted molar refractivity (Wildman–Crippen MR) is 91.6 cm³/mol. The summed E-state index contributed by atoms with van der Waals surface area (Å²) in [7, 11) is 1.45. The van der Waals surface area contributed by atoms with Crippen molar-refractivity contribution in [1.82, 2.24) is 10.6 Å². The molecule has 0 bridgehead atoms. The number of amides is 3. The minimum atomic E-state index is -0.677. The van der Waals surface area contributed by atoms with Gasteiger partial charge in [-0.3, -0.25) is 10.1 Å². The molecule has 0 radical (unpaired) electrons. The van der Waals surface area contributed by atoms with E-state index in [4.69, 9.17) is 9.47 Å². The highest BCUT2D eigenvalue weighted by molar-refractivity contribution is 5.98. The second kappa shape index (κ2) is 9.05. The number of aryl methyl sites for hydroxylation is 1. The maximum Gasteiger partial charge on any atom is 0.342 e. The van der Waals surface area contributed by atoms with Crippen LogP contribution >= 0.6 is 0 Å². The molecule has 1 fully saturated rings. The molecule has 0 heterocycles. The van der Waals surface area contributed by atoms with E-state index in [-0.39, 0.29) is 11.6 Å². The Balaban J connectivity index is 1.80. The summed E-state index contributed by atoms with van der Waals surface area (Å²) in [6.45, 7) is 1.30. The molecule has 1 aromatic rings. The first-order valence-electron chi connectivity index (χ1n) is 8.41. The zero-order valence-corrected chi connectivity index (χ0v) is 14.6. The van der Waals surface area contributed by atoms with E-state index >= 15 is 0 Å². The number of hydrogen-bond acceptors (Lipinski definition) is 5. The van der Waals surface area contributed by atoms with E-state index in [1.807, 2.05) is 6.92 Å². The van der Waals surface area contributed by atoms with Crippen LogP contribution < -0.4 is 15.4 Å². The summed E-state index contributed by atoms with van der Waals surface area (Å²) in [6, 6.07) is 4.62. The van der Waals surface area contributed by atoms with Gasteiger partial charge in [0.25, 0.3) is 5.91 Å². The van der Waals surface area contributed by atoms with E-state index in [9.17, 15) is 14.4 Å². The van der Waals surface area contributed by atoms with Gasteiger partial charge < -0.3 is 14.8 Å². The number of nitrogens with one attached hydrogen (secondary N) is 2. The van der Waals surface area contributed by atoms with Gasteiger partial charge in [-0.2, -0.15) is 0 Å². The lowest BCUT2D eigenvalue weighted by Gasteiger charge is -2.22. The number of benzene rings is 1. The number of urea groups is 1. The van der Waals surface area contributed by atoms with Gasteiger partial charge in [0.1, 0.15) is 11.3 Å². The van der Waals surface area contributed by atoms with Crippen LogP contribution in [0.5, 0.6) is 5.75 Å². The first kappa shape index (κ1) is 18.8. The molecule has 0 saturated heterocycles. The number of esters is 1. The Kier molecular flexibility index (Phi) is 6.80. The lowest BCUT2D eigenvalue weighted by molar-refractivity contribution is -0.123. The number of methoxy groups -OCH3 is 1. The van der Waals surface area contributed by atoms with Crippen molar-refractivity contribution in [2.24, 2.45) is 0 Å². The normalized spacial score (nSPS) is 14.5. The molecule has 0 atom stereocenters. The lowest BCUT2D eigenvalue weighted by atomic mass is 9.96. The molecule has 2 N–H and O–H groups in total. The molecule has 1 aliphatic rings. The van der Waals surface area contributed by atoms with Crippen molar-refractivity contribution in [3.05, 3.63) is 29.3 Å². The third-order valence-corrected chi connectivity index (χ3v) is 4.10. The average molecular weight is 348 g/mol. The monoisotopic (exact) mass is 348 g/mol. The van der Waals surface area contributed by atoms with E-state index in [1.54, 1.807) is 18.2 Å². The summed E-state index contributed by atoms with van der Waals surface area (Å²) in [5, 5.41) is 4.94. The minimum Gasteiger partial charge on any atom is -0.496 e. The van der Waals surface area contributed by atoms with Gasteiger partial charge in [-0.25, -0.2) is 9.59 Å². The van der Waals surface area contributed by atoms with Crippen LogP contribution in [0.4, 0.5) is 4.79 Å². The van der Waals surface area contributed by atoms with Gasteiger partial charge in [0.05, 0.1) is 7.11 Å². The van der Waals surface area contributed by atoms with Gasteiger partial charge in [-0.05, 0) is 31.9 Å². The number of imide groups is 1. The van der Waals surface area contributed by atoms with Crippen LogP contribution in [0.15, 0.2) is 18.2 Å². The maximum absolute atomic E-state index is 12.1. The van der Waals surface area contributed by atoms with Crippen LogP contribution in [-0.2, 0) is 9.53 Å². The summed E-state index contributed by atoms with van der Waals surface area (Å²) >= 11 is 0. The number of rotatable bonds is 5. The molecule has 0 unspecified atom stereocenters. The number of ether oxygens (including phenoxy) is 2. The first-order valence-corrected chi connectivity index (χ1v) is 8.41. The molecular formula is C18H24N2O5. The largest absolute Gasteiger partial charge is 0.496 e. The smallest absolute Gasteiger partial charge is 0.342 e. The van der Waals surface area contributed by atoms with E-state index in [1.165, 1.54) is 13.5 Å². The average Bonchev–Trinajstić information content (AvgIpc) is 2.60. The van der Waals surface area contributed by atoms with E-state index in [0.717, 1.165) is 31.2 Å². The topological polar surface area (TPSA) is 93.7 Å². The molecule has 0 aliphatic heterocycles. The van der Waals surface area contributed by atoms with Crippen LogP contribution in [0.3, 0.4) is 0 Å². The second-order valence-electron chi connectivity index (χ2n) is 6.14. The maximum atomic E-state index is 12.1. The fourth-order valence-corrected chi connectivity index (χ4v) is 2.82. The fraction of sp³-hybridized carbons (Fsp3) is 0.500. The van der Waals surface area contributed by atoms with Gasteiger partial charge in [0, 0.05) is 6.04 Å². The van der Waals surface area contributed by atoms with Gasteiger partial charge in [0.2, 0.25) is 0 Å². The zero-order valence-electron chi connectivity index (χ0n) is 14.6. The van der Waals surface area contributed by atoms with Crippen molar-refractivity contribution in [2.45, 2.75) is 45.1 Å². The van der Waals surface area contributed by atoms with Crippen LogP contribution in [0.2, 0.25) is 0 Å². The van der Waals surface area contributed by atoms with Crippen molar-refractivity contribution < 1.29 is 23.9 Å². The van der Waals surface area contributed by atoms with Crippen LogP contribution in [0, 0.1) is 6.92 Å². The quantitative estimate of drug-likeness (QED) is 0.797. The molecule has 25 heavy (non-hydrogen) atoms. The number of hydrogen-bond donors (Lipinski definition) is 2. The van der Waals surface area contributed by atoms with E-state index in [0.29, 0.717) is 5.75 Å². The van der Waals surface area contributed by atoms with Crippen molar-refractivity contribution in [3.63, 3.8) is 0 Å². The Morgan fingerprint density at radius 1 is 1.16 bits per heavy atom. The molecule has 7 heteroatoms. The molecule has 7 nitrogen and oxygen atoms in total. The van der Waals surface area contributed by atoms with Crippen molar-refractivity contribution in [1.29, 1.82) is 0 Å². The number of carbonyl (C=O) groups is 3. The van der Waals surface area contributed by atoms with Gasteiger partial charge in [-0.15, -0.1) is 0 Å². The highest BCUT2D eigenvalue weighted by Gasteiger charge is 2.19. The van der Waals surface area contributed by atoms with E-state index in [2.05, 4.69) is 10.6 Å². The molecule has 0 spiro atoms. The predicted octanol–water partition coefficient (Wildman–Crippen LogP) is 2.32. The Morgan fingerprint density at radius 2 is 1.88 bits per heavy atom. The Bertz CT molecular complexity index is 638. The molecular weight excluding hydrogens is 324 g/mol. The summed E-state index contributed by atoms with van der Waals surface area (Å²) in [5.41, 5.74) is 1.10. The lowest BCUT2D eigenvalue weighted by Crippen LogP contribution is -2.46. The summed E-state index contributed by atoms with van der Waals surface area (Å²) in [5.74, 6) is -0.984. The molecule has 1 aromatic carbocycles. The van der Waals surface area contributed by atoms with Crippen molar-refractivity contribution in [2.75, 3.05) is 13.7 Å². The first-order chi connectivity index (χ1) is 12.0. The number of carbonyl (C=O) groups excluding carboxylic acids is 3. The summed E-state index contributed by atoms with van der Waals surface area (Å²) in [6.07, 6.45) is 5.17. The fourth-order valence-electron chi connectivity index (χ4n) is 2.82. The third kappa shape index (κ3) is 5.77. The SMILES string of the molecule is COc1ccc(C)cc1C(=O)OCC(=O)NC(=O)NC1CCCCC1. The summed E-state index contributed by atoms with van der Waals surface area (Å²) < 4.78 is 10.1. The molecule has 2 rings (SSSR count). The van der Waals surface area contributed by atoms with Gasteiger partial charge in [0.15, 0.2) is 6.61 Å². The van der Waals surface area contributed by atoms with Crippen molar-refractivity contribution in [3.8, 4) is 5.75 Å². The minimum absolute atomic E-state index is 0.0978. The highest BCUT2D eigenvalue weighted by Crippen LogP contribution is 2.20. The molecule has 3 amide bonds. The van der Waals surface area contributed by atoms with E-state index < -0.39 is 24.5 Å². The van der Waals surface area contributed by atoms with Crippen LogP contribution in [-0.4, -0.2) is 37.7 Å². The van der Waals surface area contributed by atoms with Crippen LogP contribution in [0.1, 0.15) is 48.0 Å². The highest BCUT2D eigenvalue weighted by atomic mass is 16.5. The van der Waals surface area contributed by atoms with Gasteiger partial charge >= 0.3 is 12.0 Å². The van der Waals surface area contributed by atoms with Crippen molar-refractivity contribution >= 4 is 17.9 Å². The molecule has 0 aromatic heterocycles. The summed E-state index contributed by atoms with van der Waals surface area (Å²) in [4.78, 5) is 35.7. The molecule has 1 saturated carbocycles. The Morgan fingerprint density at radius 3 is 2.56 bits per heavy atom. The van der Waals surface area contributed by atoms with Crippen LogP contribution in [0.25, 0.3) is 0 Å². The Labute approximate surface area is 147 Å². The molecule has 136 valence electrons. The second-order valence-corrected chi connectivity index (χ2v) is 6.14. The standard InChI is InChI=1S/C18H24N2O5/c1-12-8-9-15(24-2)14(10-12)17(22)25-11-16(21)20-18(23)19-13-6-4-3-5-7-13/h8-10,13H,3-7,11H2,1-2H3,(H2,19,20,21,23). The third-order valence-electron chi connectivity index (χ3n) is 4.10. The molecule has 1 aliphatic carbocycles. The zero-order chi connectivity index (χ0) is 18.2.